The second-order valence-electron chi connectivity index (χ2n) is 8.92. The van der Waals surface area contributed by atoms with Gasteiger partial charge in [0.25, 0.3) is 0 Å². The van der Waals surface area contributed by atoms with Crippen molar-refractivity contribution in [1.29, 1.82) is 0 Å². The first kappa shape index (κ1) is 26.8. The van der Waals surface area contributed by atoms with Crippen molar-refractivity contribution in [1.82, 2.24) is 9.21 Å². The lowest BCUT2D eigenvalue weighted by Gasteiger charge is -2.27. The average Bonchev–Trinajstić information content (AvgIpc) is 2.81. The maximum atomic E-state index is 12.2. The zero-order valence-electron chi connectivity index (χ0n) is 21.0. The van der Waals surface area contributed by atoms with Gasteiger partial charge in [-0.25, -0.2) is 13.2 Å². The van der Waals surface area contributed by atoms with Gasteiger partial charge in [0.05, 0.1) is 25.6 Å². The van der Waals surface area contributed by atoms with Crippen molar-refractivity contribution in [2.45, 2.75) is 52.8 Å². The van der Waals surface area contributed by atoms with E-state index in [1.54, 1.807) is 4.90 Å². The summed E-state index contributed by atoms with van der Waals surface area (Å²) in [6, 6.07) is 13.6. The lowest BCUT2D eigenvalue weighted by atomic mass is 10.0. The summed E-state index contributed by atoms with van der Waals surface area (Å²) in [5.41, 5.74) is 3.13. The number of carbonyl (C=O) groups is 1. The molecule has 0 atom stereocenters. The summed E-state index contributed by atoms with van der Waals surface area (Å²) < 4.78 is 42.1. The monoisotopic (exact) mass is 504 g/mol. The second kappa shape index (κ2) is 12.3. The van der Waals surface area contributed by atoms with Crippen LogP contribution in [0.2, 0.25) is 0 Å². The minimum Gasteiger partial charge on any atom is -0.493 e. The molecule has 0 saturated carbocycles. The number of ether oxygens (including phenoxy) is 3. The van der Waals surface area contributed by atoms with Crippen molar-refractivity contribution in [3.63, 3.8) is 0 Å². The zero-order chi connectivity index (χ0) is 25.4. The van der Waals surface area contributed by atoms with E-state index in [0.717, 1.165) is 28.2 Å². The van der Waals surface area contributed by atoms with E-state index in [2.05, 4.69) is 0 Å². The van der Waals surface area contributed by atoms with Gasteiger partial charge in [0.1, 0.15) is 11.5 Å². The first-order chi connectivity index (χ1) is 16.7. The third-order valence-corrected chi connectivity index (χ3v) is 6.95. The Morgan fingerprint density at radius 3 is 2.43 bits per heavy atom. The molecule has 1 aliphatic heterocycles. The maximum absolute atomic E-state index is 12.2. The standard InChI is InChI=1S/C26H36N2O6S/c1-5-27(26(29)34-20(2)3)18-21-8-6-9-24(16-21)32-14-7-15-33-25-11-10-23-19-28(35(4,30)31)13-12-22(23)17-25/h6,8-11,16-17,20H,5,7,12-15,18-19H2,1-4H3. The Bertz CT molecular complexity index is 1100. The summed E-state index contributed by atoms with van der Waals surface area (Å²) in [4.78, 5) is 13.9. The van der Waals surface area contributed by atoms with Crippen molar-refractivity contribution in [3.8, 4) is 11.5 Å². The molecule has 35 heavy (non-hydrogen) atoms. The number of hydrogen-bond acceptors (Lipinski definition) is 6. The van der Waals surface area contributed by atoms with Crippen molar-refractivity contribution < 1.29 is 27.4 Å². The van der Waals surface area contributed by atoms with Crippen LogP contribution >= 0.6 is 0 Å². The minimum atomic E-state index is -3.18. The molecule has 192 valence electrons. The molecule has 2 aromatic carbocycles. The Hall–Kier alpha value is -2.78. The molecule has 8 nitrogen and oxygen atoms in total. The summed E-state index contributed by atoms with van der Waals surface area (Å²) in [6.45, 7) is 8.55. The van der Waals surface area contributed by atoms with Crippen LogP contribution in [0.5, 0.6) is 11.5 Å². The van der Waals surface area contributed by atoms with Gasteiger partial charge in [-0.2, -0.15) is 4.31 Å². The van der Waals surface area contributed by atoms with Gasteiger partial charge >= 0.3 is 6.09 Å². The Kier molecular flexibility index (Phi) is 9.40. The molecule has 0 aromatic heterocycles. The van der Waals surface area contributed by atoms with Crippen LogP contribution in [0.25, 0.3) is 0 Å². The molecule has 0 spiro atoms. The maximum Gasteiger partial charge on any atom is 0.410 e. The molecule has 0 unspecified atom stereocenters. The fourth-order valence-corrected chi connectivity index (χ4v) is 4.65. The molecule has 2 aromatic rings. The largest absolute Gasteiger partial charge is 0.493 e. The van der Waals surface area contributed by atoms with Gasteiger partial charge < -0.3 is 19.1 Å². The number of fused-ring (bicyclic) bond motifs is 1. The van der Waals surface area contributed by atoms with Crippen LogP contribution in [0.3, 0.4) is 0 Å². The SMILES string of the molecule is CCN(Cc1cccc(OCCCOc2ccc3c(c2)CCN(S(C)(=O)=O)C3)c1)C(=O)OC(C)C. The van der Waals surface area contributed by atoms with Crippen LogP contribution in [0.1, 0.15) is 43.9 Å². The number of sulfonamides is 1. The lowest BCUT2D eigenvalue weighted by molar-refractivity contribution is 0.0762. The number of benzene rings is 2. The van der Waals surface area contributed by atoms with E-state index >= 15 is 0 Å². The van der Waals surface area contributed by atoms with E-state index in [0.29, 0.717) is 52.2 Å². The highest BCUT2D eigenvalue weighted by Gasteiger charge is 2.23. The van der Waals surface area contributed by atoms with Crippen LogP contribution in [0.15, 0.2) is 42.5 Å². The second-order valence-corrected chi connectivity index (χ2v) is 10.9. The van der Waals surface area contributed by atoms with Crippen molar-refractivity contribution >= 4 is 16.1 Å². The van der Waals surface area contributed by atoms with Crippen LogP contribution in [-0.4, -0.2) is 62.4 Å². The highest BCUT2D eigenvalue weighted by Crippen LogP contribution is 2.25. The Morgan fingerprint density at radius 1 is 1.06 bits per heavy atom. The van der Waals surface area contributed by atoms with E-state index < -0.39 is 10.0 Å². The van der Waals surface area contributed by atoms with E-state index in [1.165, 1.54) is 10.6 Å². The molecule has 0 N–H and O–H groups in total. The Balaban J connectivity index is 1.43. The normalized spacial score (nSPS) is 13.9. The summed E-state index contributed by atoms with van der Waals surface area (Å²) in [5.74, 6) is 1.53. The molecule has 9 heteroatoms. The van der Waals surface area contributed by atoms with E-state index in [1.807, 2.05) is 63.2 Å². The van der Waals surface area contributed by atoms with E-state index in [4.69, 9.17) is 14.2 Å². The number of nitrogens with zero attached hydrogens (tertiary/aromatic N) is 2. The molecule has 1 heterocycles. The molecule has 0 aliphatic carbocycles. The third kappa shape index (κ3) is 8.14. The van der Waals surface area contributed by atoms with Gasteiger partial charge in [-0.3, -0.25) is 0 Å². The van der Waals surface area contributed by atoms with E-state index in [9.17, 15) is 13.2 Å². The molecule has 0 fully saturated rings. The highest BCUT2D eigenvalue weighted by molar-refractivity contribution is 7.88. The molecule has 3 rings (SSSR count). The fourth-order valence-electron chi connectivity index (χ4n) is 3.85. The number of rotatable bonds is 11. The summed E-state index contributed by atoms with van der Waals surface area (Å²) >= 11 is 0. The predicted octanol–water partition coefficient (Wildman–Crippen LogP) is 4.22. The molecule has 0 radical (unpaired) electrons. The lowest BCUT2D eigenvalue weighted by Crippen LogP contribution is -2.35. The summed E-state index contributed by atoms with van der Waals surface area (Å²) in [7, 11) is -3.18. The van der Waals surface area contributed by atoms with Gasteiger partial charge in [-0.1, -0.05) is 18.2 Å². The first-order valence-corrected chi connectivity index (χ1v) is 13.9. The fraction of sp³-hybridized carbons (Fsp3) is 0.500. The smallest absolute Gasteiger partial charge is 0.410 e. The Labute approximate surface area is 208 Å². The zero-order valence-corrected chi connectivity index (χ0v) is 21.8. The van der Waals surface area contributed by atoms with Gasteiger partial charge in [0.15, 0.2) is 0 Å². The Morgan fingerprint density at radius 2 is 1.77 bits per heavy atom. The van der Waals surface area contributed by atoms with Crippen LogP contribution in [-0.2, 0) is 34.3 Å². The van der Waals surface area contributed by atoms with Gasteiger partial charge in [-0.15, -0.1) is 0 Å². The minimum absolute atomic E-state index is 0.153. The third-order valence-electron chi connectivity index (χ3n) is 5.70. The molecular formula is C26H36N2O6S. The summed E-state index contributed by atoms with van der Waals surface area (Å²) in [6.07, 6.45) is 2.17. The quantitative estimate of drug-likeness (QED) is 0.426. The van der Waals surface area contributed by atoms with Crippen LogP contribution in [0.4, 0.5) is 4.79 Å². The molecular weight excluding hydrogens is 468 g/mol. The molecule has 1 aliphatic rings. The van der Waals surface area contributed by atoms with Crippen LogP contribution in [0, 0.1) is 0 Å². The summed E-state index contributed by atoms with van der Waals surface area (Å²) in [5, 5.41) is 0. The molecule has 1 amide bonds. The number of carbonyl (C=O) groups excluding carboxylic acids is 1. The number of amides is 1. The average molecular weight is 505 g/mol. The molecule has 0 saturated heterocycles. The predicted molar refractivity (Wildman–Crippen MR) is 135 cm³/mol. The van der Waals surface area contributed by atoms with E-state index in [-0.39, 0.29) is 12.2 Å². The van der Waals surface area contributed by atoms with Crippen molar-refractivity contribution in [2.75, 3.05) is 32.6 Å². The van der Waals surface area contributed by atoms with Crippen molar-refractivity contribution in [2.24, 2.45) is 0 Å². The van der Waals surface area contributed by atoms with Gasteiger partial charge in [-0.05, 0) is 68.1 Å². The highest BCUT2D eigenvalue weighted by atomic mass is 32.2. The van der Waals surface area contributed by atoms with Crippen molar-refractivity contribution in [3.05, 3.63) is 59.2 Å². The van der Waals surface area contributed by atoms with Crippen LogP contribution < -0.4 is 9.47 Å². The molecule has 0 bridgehead atoms. The topological polar surface area (TPSA) is 85.4 Å². The first-order valence-electron chi connectivity index (χ1n) is 12.0. The number of hydrogen-bond donors (Lipinski definition) is 0. The van der Waals surface area contributed by atoms with Gasteiger partial charge in [0.2, 0.25) is 10.0 Å². The van der Waals surface area contributed by atoms with Gasteiger partial charge in [0, 0.05) is 32.6 Å².